The standard InChI is InChI=1S/C12H19NO2/c1-3-11(9-15-2)13-12-6-4-5-10(7-12)8-14/h4-7,11,13-14H,3,8-9H2,1-2H3. The topological polar surface area (TPSA) is 41.5 Å². The normalized spacial score (nSPS) is 12.5. The summed E-state index contributed by atoms with van der Waals surface area (Å²) in [5.41, 5.74) is 1.96. The lowest BCUT2D eigenvalue weighted by Crippen LogP contribution is -2.23. The van der Waals surface area contributed by atoms with Crippen LogP contribution in [-0.2, 0) is 11.3 Å². The molecule has 0 aromatic heterocycles. The number of methoxy groups -OCH3 is 1. The highest BCUT2D eigenvalue weighted by Crippen LogP contribution is 2.12. The molecule has 15 heavy (non-hydrogen) atoms. The lowest BCUT2D eigenvalue weighted by atomic mass is 10.2. The number of rotatable bonds is 6. The van der Waals surface area contributed by atoms with Crippen molar-refractivity contribution in [1.82, 2.24) is 0 Å². The van der Waals surface area contributed by atoms with Gasteiger partial charge >= 0.3 is 0 Å². The molecule has 1 atom stereocenters. The molecule has 0 aliphatic carbocycles. The van der Waals surface area contributed by atoms with Crippen LogP contribution in [0, 0.1) is 0 Å². The van der Waals surface area contributed by atoms with Crippen molar-refractivity contribution in [1.29, 1.82) is 0 Å². The highest BCUT2D eigenvalue weighted by Gasteiger charge is 2.05. The molecule has 0 aliphatic rings. The van der Waals surface area contributed by atoms with E-state index in [0.29, 0.717) is 12.6 Å². The molecule has 3 nitrogen and oxygen atoms in total. The summed E-state index contributed by atoms with van der Waals surface area (Å²) in [5, 5.41) is 12.4. The van der Waals surface area contributed by atoms with Gasteiger partial charge in [0.25, 0.3) is 0 Å². The Morgan fingerprint density at radius 2 is 2.27 bits per heavy atom. The summed E-state index contributed by atoms with van der Waals surface area (Å²) in [7, 11) is 1.70. The minimum absolute atomic E-state index is 0.0799. The van der Waals surface area contributed by atoms with Crippen LogP contribution in [0.15, 0.2) is 24.3 Å². The predicted molar refractivity (Wildman–Crippen MR) is 61.9 cm³/mol. The zero-order valence-electron chi connectivity index (χ0n) is 9.36. The Hall–Kier alpha value is -1.06. The quantitative estimate of drug-likeness (QED) is 0.753. The molecule has 1 aromatic carbocycles. The lowest BCUT2D eigenvalue weighted by Gasteiger charge is -2.17. The number of nitrogens with one attached hydrogen (secondary N) is 1. The van der Waals surface area contributed by atoms with Crippen molar-refractivity contribution >= 4 is 5.69 Å². The zero-order valence-corrected chi connectivity index (χ0v) is 9.36. The highest BCUT2D eigenvalue weighted by molar-refractivity contribution is 5.46. The second kappa shape index (κ2) is 6.43. The van der Waals surface area contributed by atoms with Gasteiger partial charge in [-0.15, -0.1) is 0 Å². The molecule has 0 radical (unpaired) electrons. The van der Waals surface area contributed by atoms with E-state index in [1.54, 1.807) is 7.11 Å². The Labute approximate surface area is 91.1 Å². The Morgan fingerprint density at radius 3 is 2.87 bits per heavy atom. The molecule has 0 fully saturated rings. The van der Waals surface area contributed by atoms with E-state index in [2.05, 4.69) is 12.2 Å². The van der Waals surface area contributed by atoms with Crippen LogP contribution in [0.2, 0.25) is 0 Å². The van der Waals surface area contributed by atoms with Gasteiger partial charge < -0.3 is 15.2 Å². The largest absolute Gasteiger partial charge is 0.392 e. The first kappa shape index (κ1) is 12.0. The van der Waals surface area contributed by atoms with E-state index in [9.17, 15) is 0 Å². The fraction of sp³-hybridized carbons (Fsp3) is 0.500. The average Bonchev–Trinajstić information content (AvgIpc) is 2.29. The van der Waals surface area contributed by atoms with Crippen molar-refractivity contribution in [2.75, 3.05) is 19.0 Å². The van der Waals surface area contributed by atoms with E-state index in [1.807, 2.05) is 24.3 Å². The third-order valence-corrected chi connectivity index (χ3v) is 2.34. The molecule has 0 bridgehead atoms. The van der Waals surface area contributed by atoms with E-state index in [-0.39, 0.29) is 6.61 Å². The highest BCUT2D eigenvalue weighted by atomic mass is 16.5. The van der Waals surface area contributed by atoms with Crippen LogP contribution in [0.3, 0.4) is 0 Å². The molecule has 2 N–H and O–H groups in total. The first-order valence-electron chi connectivity index (χ1n) is 5.25. The molecule has 1 rings (SSSR count). The molecule has 0 spiro atoms. The van der Waals surface area contributed by atoms with Crippen molar-refractivity contribution in [3.63, 3.8) is 0 Å². The number of benzene rings is 1. The second-order valence-corrected chi connectivity index (χ2v) is 3.56. The van der Waals surface area contributed by atoms with E-state index in [4.69, 9.17) is 9.84 Å². The van der Waals surface area contributed by atoms with Gasteiger partial charge in [0.05, 0.1) is 13.2 Å². The molecular formula is C12H19NO2. The molecule has 0 saturated heterocycles. The van der Waals surface area contributed by atoms with Gasteiger partial charge in [0.15, 0.2) is 0 Å². The summed E-state index contributed by atoms with van der Waals surface area (Å²) in [5.74, 6) is 0. The number of aliphatic hydroxyl groups excluding tert-OH is 1. The number of ether oxygens (including phenoxy) is 1. The molecular weight excluding hydrogens is 190 g/mol. The van der Waals surface area contributed by atoms with Gasteiger partial charge in [0.1, 0.15) is 0 Å². The summed E-state index contributed by atoms with van der Waals surface area (Å²) in [6.07, 6.45) is 1.01. The minimum Gasteiger partial charge on any atom is -0.392 e. The molecule has 0 amide bonds. The Morgan fingerprint density at radius 1 is 1.47 bits per heavy atom. The predicted octanol–water partition coefficient (Wildman–Crippen LogP) is 2.02. The Balaban J connectivity index is 2.61. The van der Waals surface area contributed by atoms with Gasteiger partial charge in [-0.3, -0.25) is 0 Å². The fourth-order valence-corrected chi connectivity index (χ4v) is 1.46. The van der Waals surface area contributed by atoms with Crippen LogP contribution in [0.25, 0.3) is 0 Å². The molecule has 3 heteroatoms. The first-order valence-corrected chi connectivity index (χ1v) is 5.25. The zero-order chi connectivity index (χ0) is 11.1. The van der Waals surface area contributed by atoms with Gasteiger partial charge in [0.2, 0.25) is 0 Å². The van der Waals surface area contributed by atoms with E-state index in [0.717, 1.165) is 17.7 Å². The Kier molecular flexibility index (Phi) is 5.15. The van der Waals surface area contributed by atoms with Crippen molar-refractivity contribution < 1.29 is 9.84 Å². The van der Waals surface area contributed by atoms with E-state index < -0.39 is 0 Å². The maximum absolute atomic E-state index is 9.00. The summed E-state index contributed by atoms with van der Waals surface area (Å²) >= 11 is 0. The molecule has 1 unspecified atom stereocenters. The third-order valence-electron chi connectivity index (χ3n) is 2.34. The van der Waals surface area contributed by atoms with Crippen molar-refractivity contribution in [2.24, 2.45) is 0 Å². The summed E-state index contributed by atoms with van der Waals surface area (Å²) < 4.78 is 5.11. The Bertz CT molecular complexity index is 289. The lowest BCUT2D eigenvalue weighted by molar-refractivity contribution is 0.184. The number of aliphatic hydroxyl groups is 1. The van der Waals surface area contributed by atoms with Crippen LogP contribution in [0.4, 0.5) is 5.69 Å². The number of anilines is 1. The second-order valence-electron chi connectivity index (χ2n) is 3.56. The van der Waals surface area contributed by atoms with Gasteiger partial charge in [-0.25, -0.2) is 0 Å². The smallest absolute Gasteiger partial charge is 0.0682 e. The maximum Gasteiger partial charge on any atom is 0.0682 e. The maximum atomic E-state index is 9.00. The monoisotopic (exact) mass is 209 g/mol. The van der Waals surface area contributed by atoms with E-state index >= 15 is 0 Å². The third kappa shape index (κ3) is 3.90. The number of hydrogen-bond acceptors (Lipinski definition) is 3. The van der Waals surface area contributed by atoms with Crippen LogP contribution in [-0.4, -0.2) is 24.9 Å². The van der Waals surface area contributed by atoms with Crippen LogP contribution in [0.5, 0.6) is 0 Å². The van der Waals surface area contributed by atoms with Crippen LogP contribution < -0.4 is 5.32 Å². The van der Waals surface area contributed by atoms with Crippen molar-refractivity contribution in [2.45, 2.75) is 26.0 Å². The summed E-state index contributed by atoms with van der Waals surface area (Å²) in [6.45, 7) is 2.89. The van der Waals surface area contributed by atoms with Gasteiger partial charge in [0, 0.05) is 18.8 Å². The summed E-state index contributed by atoms with van der Waals surface area (Å²) in [4.78, 5) is 0. The van der Waals surface area contributed by atoms with Crippen LogP contribution in [0.1, 0.15) is 18.9 Å². The summed E-state index contributed by atoms with van der Waals surface area (Å²) in [6, 6.07) is 8.12. The van der Waals surface area contributed by atoms with Crippen molar-refractivity contribution in [3.05, 3.63) is 29.8 Å². The molecule has 0 saturated carbocycles. The molecule has 84 valence electrons. The average molecular weight is 209 g/mol. The minimum atomic E-state index is 0.0799. The fourth-order valence-electron chi connectivity index (χ4n) is 1.46. The van der Waals surface area contributed by atoms with Crippen LogP contribution >= 0.6 is 0 Å². The SMILES string of the molecule is CCC(COC)Nc1cccc(CO)c1. The molecule has 0 heterocycles. The first-order chi connectivity index (χ1) is 7.30. The molecule has 0 aliphatic heterocycles. The van der Waals surface area contributed by atoms with Gasteiger partial charge in [-0.1, -0.05) is 19.1 Å². The van der Waals surface area contributed by atoms with E-state index in [1.165, 1.54) is 0 Å². The van der Waals surface area contributed by atoms with Gasteiger partial charge in [-0.05, 0) is 24.1 Å². The molecule has 1 aromatic rings. The van der Waals surface area contributed by atoms with Crippen molar-refractivity contribution in [3.8, 4) is 0 Å². The number of hydrogen-bond donors (Lipinski definition) is 2. The van der Waals surface area contributed by atoms with Gasteiger partial charge in [-0.2, -0.15) is 0 Å².